The van der Waals surface area contributed by atoms with Gasteiger partial charge in [-0.2, -0.15) is 0 Å². The molecule has 0 unspecified atom stereocenters. The molecular weight excluding hydrogens is 354 g/mol. The summed E-state index contributed by atoms with van der Waals surface area (Å²) in [4.78, 5) is 23.0. The third-order valence-electron chi connectivity index (χ3n) is 3.56. The Bertz CT molecular complexity index is 1030. The second kappa shape index (κ2) is 6.66. The molecule has 0 radical (unpaired) electrons. The Hall–Kier alpha value is -2.70. The first-order chi connectivity index (χ1) is 12.2. The molecule has 122 valence electrons. The molecule has 25 heavy (non-hydrogen) atoms. The summed E-state index contributed by atoms with van der Waals surface area (Å²) in [6.45, 7) is 1.97. The van der Waals surface area contributed by atoms with E-state index < -0.39 is 0 Å². The summed E-state index contributed by atoms with van der Waals surface area (Å²) in [6, 6.07) is 9.32. The molecule has 4 rings (SSSR count). The molecule has 4 aromatic heterocycles. The summed E-state index contributed by atoms with van der Waals surface area (Å²) in [7, 11) is 0. The fourth-order valence-electron chi connectivity index (χ4n) is 2.40. The molecule has 7 heteroatoms. The number of aromatic nitrogens is 5. The van der Waals surface area contributed by atoms with Crippen LogP contribution < -0.4 is 0 Å². The van der Waals surface area contributed by atoms with Gasteiger partial charge in [0.25, 0.3) is 0 Å². The summed E-state index contributed by atoms with van der Waals surface area (Å²) in [6.07, 6.45) is 6.95. The fraction of sp³-hybridized carbons (Fsp3) is 0.0556. The molecule has 0 aliphatic rings. The van der Waals surface area contributed by atoms with Gasteiger partial charge in [0.2, 0.25) is 0 Å². The minimum absolute atomic E-state index is 0.499. The van der Waals surface area contributed by atoms with Gasteiger partial charge >= 0.3 is 0 Å². The second-order valence-electron chi connectivity index (χ2n) is 5.27. The molecule has 0 aliphatic carbocycles. The third-order valence-corrected chi connectivity index (χ3v) is 5.10. The van der Waals surface area contributed by atoms with Crippen molar-refractivity contribution in [3.63, 3.8) is 0 Å². The Balaban J connectivity index is 1.78. The molecule has 0 saturated carbocycles. The van der Waals surface area contributed by atoms with Crippen molar-refractivity contribution in [2.24, 2.45) is 0 Å². The average molecular weight is 366 g/mol. The number of rotatable bonds is 3. The standard InChI is InChI=1S/C18H12ClN5S/c1-11-16(25-18(23-11)12-4-2-7-20-10-12)14-6-9-22-17(24-14)15-13(19)5-3-8-21-15/h2-10H,1H3. The van der Waals surface area contributed by atoms with Gasteiger partial charge < -0.3 is 0 Å². The first-order valence-electron chi connectivity index (χ1n) is 7.54. The van der Waals surface area contributed by atoms with Gasteiger partial charge in [-0.15, -0.1) is 11.3 Å². The van der Waals surface area contributed by atoms with Crippen LogP contribution >= 0.6 is 22.9 Å². The van der Waals surface area contributed by atoms with Crippen molar-refractivity contribution >= 4 is 22.9 Å². The first kappa shape index (κ1) is 15.8. The van der Waals surface area contributed by atoms with Crippen LogP contribution in [-0.4, -0.2) is 24.9 Å². The van der Waals surface area contributed by atoms with Crippen LogP contribution in [0.3, 0.4) is 0 Å². The van der Waals surface area contributed by atoms with Crippen LogP contribution in [0.4, 0.5) is 0 Å². The molecule has 0 aromatic carbocycles. The second-order valence-corrected chi connectivity index (χ2v) is 6.68. The van der Waals surface area contributed by atoms with Crippen LogP contribution in [0.1, 0.15) is 5.69 Å². The van der Waals surface area contributed by atoms with Crippen molar-refractivity contribution in [1.82, 2.24) is 24.9 Å². The van der Waals surface area contributed by atoms with E-state index in [0.717, 1.165) is 26.8 Å². The van der Waals surface area contributed by atoms with Gasteiger partial charge in [0.1, 0.15) is 10.7 Å². The van der Waals surface area contributed by atoms with Crippen molar-refractivity contribution < 1.29 is 0 Å². The van der Waals surface area contributed by atoms with E-state index in [1.54, 1.807) is 48.3 Å². The number of aryl methyl sites for hydroxylation is 1. The summed E-state index contributed by atoms with van der Waals surface area (Å²) < 4.78 is 0. The van der Waals surface area contributed by atoms with Crippen molar-refractivity contribution in [3.05, 3.63) is 65.8 Å². The normalized spacial score (nSPS) is 10.8. The predicted molar refractivity (Wildman–Crippen MR) is 99.3 cm³/mol. The molecule has 4 heterocycles. The highest BCUT2D eigenvalue weighted by Crippen LogP contribution is 2.34. The van der Waals surface area contributed by atoms with Gasteiger partial charge in [0.05, 0.1) is 21.3 Å². The number of hydrogen-bond acceptors (Lipinski definition) is 6. The lowest BCUT2D eigenvalue weighted by Gasteiger charge is -2.03. The van der Waals surface area contributed by atoms with Gasteiger partial charge in [0.15, 0.2) is 5.82 Å². The van der Waals surface area contributed by atoms with Gasteiger partial charge in [-0.25, -0.2) is 15.0 Å². The number of hydrogen-bond donors (Lipinski definition) is 0. The van der Waals surface area contributed by atoms with Crippen LogP contribution in [0.2, 0.25) is 5.02 Å². The van der Waals surface area contributed by atoms with Crippen LogP contribution in [0.25, 0.3) is 32.7 Å². The van der Waals surface area contributed by atoms with Crippen LogP contribution in [-0.2, 0) is 0 Å². The van der Waals surface area contributed by atoms with E-state index in [-0.39, 0.29) is 0 Å². The Kier molecular flexibility index (Phi) is 4.21. The third kappa shape index (κ3) is 3.14. The van der Waals surface area contributed by atoms with E-state index in [9.17, 15) is 0 Å². The topological polar surface area (TPSA) is 64.5 Å². The van der Waals surface area contributed by atoms with Crippen molar-refractivity contribution in [3.8, 4) is 32.7 Å². The smallest absolute Gasteiger partial charge is 0.180 e. The van der Waals surface area contributed by atoms with Crippen LogP contribution in [0.5, 0.6) is 0 Å². The summed E-state index contributed by atoms with van der Waals surface area (Å²) in [5.74, 6) is 0.499. The largest absolute Gasteiger partial charge is 0.264 e. The van der Waals surface area contributed by atoms with E-state index in [2.05, 4.69) is 24.9 Å². The summed E-state index contributed by atoms with van der Waals surface area (Å²) in [5.41, 5.74) is 3.28. The monoisotopic (exact) mass is 365 g/mol. The highest BCUT2D eigenvalue weighted by atomic mass is 35.5. The molecule has 0 bridgehead atoms. The lowest BCUT2D eigenvalue weighted by molar-refractivity contribution is 1.14. The molecule has 0 fully saturated rings. The Morgan fingerprint density at radius 2 is 1.84 bits per heavy atom. The highest BCUT2D eigenvalue weighted by molar-refractivity contribution is 7.18. The quantitative estimate of drug-likeness (QED) is 0.527. The number of halogens is 1. The molecule has 0 amide bonds. The molecule has 0 N–H and O–H groups in total. The Morgan fingerprint density at radius 1 is 0.960 bits per heavy atom. The molecule has 0 spiro atoms. The minimum Gasteiger partial charge on any atom is -0.264 e. The molecule has 0 saturated heterocycles. The van der Waals surface area contributed by atoms with Crippen LogP contribution in [0.15, 0.2) is 55.1 Å². The fourth-order valence-corrected chi connectivity index (χ4v) is 3.63. The maximum atomic E-state index is 6.21. The minimum atomic E-state index is 0.499. The number of thiazole rings is 1. The molecule has 0 atom stereocenters. The van der Waals surface area contributed by atoms with Gasteiger partial charge in [0, 0.05) is 30.4 Å². The van der Waals surface area contributed by atoms with Crippen molar-refractivity contribution in [2.45, 2.75) is 6.92 Å². The Morgan fingerprint density at radius 3 is 2.64 bits per heavy atom. The summed E-state index contributed by atoms with van der Waals surface area (Å²) in [5, 5.41) is 1.44. The lowest BCUT2D eigenvalue weighted by Crippen LogP contribution is -1.94. The predicted octanol–water partition coefficient (Wildman–Crippen LogP) is 4.69. The van der Waals surface area contributed by atoms with E-state index in [4.69, 9.17) is 11.6 Å². The van der Waals surface area contributed by atoms with E-state index in [1.165, 1.54) is 0 Å². The van der Waals surface area contributed by atoms with E-state index in [0.29, 0.717) is 16.5 Å². The lowest BCUT2D eigenvalue weighted by atomic mass is 10.2. The SMILES string of the molecule is Cc1nc(-c2cccnc2)sc1-c1ccnc(-c2ncccc2Cl)n1. The molecular formula is C18H12ClN5S. The number of pyridine rings is 2. The molecule has 4 aromatic rings. The molecule has 5 nitrogen and oxygen atoms in total. The van der Waals surface area contributed by atoms with Gasteiger partial charge in [-0.05, 0) is 37.3 Å². The van der Waals surface area contributed by atoms with Gasteiger partial charge in [-0.1, -0.05) is 11.6 Å². The van der Waals surface area contributed by atoms with E-state index in [1.807, 2.05) is 25.1 Å². The maximum absolute atomic E-state index is 6.21. The maximum Gasteiger partial charge on any atom is 0.180 e. The van der Waals surface area contributed by atoms with Gasteiger partial charge in [-0.3, -0.25) is 9.97 Å². The van der Waals surface area contributed by atoms with Crippen molar-refractivity contribution in [1.29, 1.82) is 0 Å². The zero-order valence-electron chi connectivity index (χ0n) is 13.2. The van der Waals surface area contributed by atoms with E-state index >= 15 is 0 Å². The zero-order valence-corrected chi connectivity index (χ0v) is 14.8. The number of nitrogens with zero attached hydrogens (tertiary/aromatic N) is 5. The van der Waals surface area contributed by atoms with Crippen molar-refractivity contribution in [2.75, 3.05) is 0 Å². The Labute approximate surface area is 153 Å². The average Bonchev–Trinajstić information content (AvgIpc) is 3.05. The summed E-state index contributed by atoms with van der Waals surface area (Å²) >= 11 is 7.79. The van der Waals surface area contributed by atoms with Crippen LogP contribution in [0, 0.1) is 6.92 Å². The first-order valence-corrected chi connectivity index (χ1v) is 8.74. The highest BCUT2D eigenvalue weighted by Gasteiger charge is 2.15. The zero-order chi connectivity index (χ0) is 17.2. The molecule has 0 aliphatic heterocycles.